The maximum Gasteiger partial charge on any atom is -0.00530 e. The molecule has 7 rings (SSSR count). The summed E-state index contributed by atoms with van der Waals surface area (Å²) in [6, 6.07) is 18.8. The van der Waals surface area contributed by atoms with Crippen LogP contribution < -0.4 is 0 Å². The molecule has 0 heteroatoms. The minimum Gasteiger partial charge on any atom is -0.0620 e. The van der Waals surface area contributed by atoms with Crippen LogP contribution in [0.4, 0.5) is 0 Å². The van der Waals surface area contributed by atoms with Crippen molar-refractivity contribution in [3.63, 3.8) is 0 Å². The molecule has 0 aliphatic heterocycles. The molecule has 96 valence electrons. The first-order valence-corrected chi connectivity index (χ1v) is 8.14. The van der Waals surface area contributed by atoms with Gasteiger partial charge in [0, 0.05) is 0 Å². The average molecular weight is 256 g/mol. The summed E-state index contributed by atoms with van der Waals surface area (Å²) in [6.07, 6.45) is 0. The molecule has 0 spiro atoms. The second-order valence-electron chi connectivity index (χ2n) is 7.67. The predicted molar refractivity (Wildman–Crippen MR) is 77.8 cm³/mol. The van der Waals surface area contributed by atoms with Gasteiger partial charge in [0.05, 0.1) is 0 Å². The second kappa shape index (κ2) is 2.62. The third-order valence-electron chi connectivity index (χ3n) is 7.64. The van der Waals surface area contributed by atoms with Crippen molar-refractivity contribution in [1.29, 1.82) is 0 Å². The van der Waals surface area contributed by atoms with Crippen LogP contribution in [0, 0.1) is 23.7 Å². The summed E-state index contributed by atoms with van der Waals surface area (Å²) < 4.78 is 0. The third-order valence-corrected chi connectivity index (χ3v) is 7.64. The Kier molecular flexibility index (Phi) is 1.23. The summed E-state index contributed by atoms with van der Waals surface area (Å²) in [5.74, 6) is 7.63. The predicted octanol–water partition coefficient (Wildman–Crippen LogP) is 4.25. The fraction of sp³-hybridized carbons (Fsp3) is 0.400. The molecule has 0 nitrogen and oxygen atoms in total. The molecule has 0 radical (unpaired) electrons. The molecule has 0 heterocycles. The second-order valence-corrected chi connectivity index (χ2v) is 7.67. The Bertz CT molecular complexity index is 647. The fourth-order valence-corrected chi connectivity index (χ4v) is 7.30. The Balaban J connectivity index is 1.61. The highest BCUT2D eigenvalue weighted by atomic mass is 14.8. The van der Waals surface area contributed by atoms with Crippen molar-refractivity contribution in [1.82, 2.24) is 0 Å². The molecular weight excluding hydrogens is 240 g/mol. The Morgan fingerprint density at radius 2 is 0.650 bits per heavy atom. The van der Waals surface area contributed by atoms with Gasteiger partial charge in [-0.25, -0.2) is 0 Å². The third kappa shape index (κ3) is 0.671. The standard InChI is InChI=1S/C20H16/c1-2-6-10-9(5-1)13-15-11-7-3-4-8-12(11)16-14(10)18-17(13)19(15)20(16)18/h1-8,13-20H. The van der Waals surface area contributed by atoms with E-state index in [9.17, 15) is 0 Å². The van der Waals surface area contributed by atoms with Crippen molar-refractivity contribution in [3.8, 4) is 0 Å². The topological polar surface area (TPSA) is 0 Å². The molecule has 5 aliphatic carbocycles. The molecule has 4 unspecified atom stereocenters. The van der Waals surface area contributed by atoms with Gasteiger partial charge in [-0.05, 0) is 69.6 Å². The molecule has 3 saturated carbocycles. The van der Waals surface area contributed by atoms with Crippen LogP contribution in [-0.4, -0.2) is 0 Å². The number of hydrogen-bond acceptors (Lipinski definition) is 0. The molecule has 2 aromatic rings. The van der Waals surface area contributed by atoms with E-state index in [1.54, 1.807) is 22.3 Å². The molecule has 0 amide bonds. The molecule has 3 fully saturated rings. The highest BCUT2D eigenvalue weighted by Gasteiger charge is 2.80. The Hall–Kier alpha value is -1.56. The summed E-state index contributed by atoms with van der Waals surface area (Å²) in [4.78, 5) is 0. The highest BCUT2D eigenvalue weighted by molar-refractivity contribution is 5.60. The Labute approximate surface area is 118 Å². The highest BCUT2D eigenvalue weighted by Crippen LogP contribution is 2.88. The maximum atomic E-state index is 2.44. The van der Waals surface area contributed by atoms with E-state index in [1.165, 1.54) is 0 Å². The lowest BCUT2D eigenvalue weighted by Crippen LogP contribution is -2.75. The van der Waals surface area contributed by atoms with Gasteiger partial charge in [-0.3, -0.25) is 0 Å². The quantitative estimate of drug-likeness (QED) is 0.661. The van der Waals surface area contributed by atoms with Crippen molar-refractivity contribution < 1.29 is 0 Å². The van der Waals surface area contributed by atoms with E-state index in [0.717, 1.165) is 47.3 Å². The van der Waals surface area contributed by atoms with Gasteiger partial charge in [-0.15, -0.1) is 0 Å². The van der Waals surface area contributed by atoms with E-state index in [1.807, 2.05) is 0 Å². The first kappa shape index (κ1) is 9.39. The van der Waals surface area contributed by atoms with Gasteiger partial charge in [0.25, 0.3) is 0 Å². The van der Waals surface area contributed by atoms with E-state index >= 15 is 0 Å². The monoisotopic (exact) mass is 256 g/mol. The zero-order valence-electron chi connectivity index (χ0n) is 11.2. The zero-order chi connectivity index (χ0) is 12.6. The SMILES string of the molecule is c1ccc2c(c1)C1C3c4ccccc4C4C2C2C1C3C42. The van der Waals surface area contributed by atoms with Crippen LogP contribution in [0.5, 0.6) is 0 Å². The molecule has 5 aliphatic rings. The van der Waals surface area contributed by atoms with Gasteiger partial charge in [-0.2, -0.15) is 0 Å². The summed E-state index contributed by atoms with van der Waals surface area (Å²) >= 11 is 0. The van der Waals surface area contributed by atoms with Crippen LogP contribution in [0.25, 0.3) is 0 Å². The molecule has 2 aromatic carbocycles. The minimum absolute atomic E-state index is 0.857. The lowest BCUT2D eigenvalue weighted by Gasteiger charge is -2.83. The molecule has 4 atom stereocenters. The Morgan fingerprint density at radius 3 is 0.900 bits per heavy atom. The summed E-state index contributed by atoms with van der Waals surface area (Å²) in [6.45, 7) is 0. The smallest absolute Gasteiger partial charge is 0.00530 e. The summed E-state index contributed by atoms with van der Waals surface area (Å²) in [7, 11) is 0. The lowest BCUT2D eigenvalue weighted by atomic mass is 9.20. The summed E-state index contributed by atoms with van der Waals surface area (Å²) in [5, 5.41) is 0. The minimum atomic E-state index is 0.857. The number of hydrogen-bond donors (Lipinski definition) is 0. The van der Waals surface area contributed by atoms with Crippen LogP contribution in [-0.2, 0) is 0 Å². The molecule has 0 N–H and O–H groups in total. The van der Waals surface area contributed by atoms with Crippen molar-refractivity contribution >= 4 is 0 Å². The van der Waals surface area contributed by atoms with Gasteiger partial charge in [-0.1, -0.05) is 48.5 Å². The van der Waals surface area contributed by atoms with Gasteiger partial charge < -0.3 is 0 Å². The summed E-state index contributed by atoms with van der Waals surface area (Å²) in [5.41, 5.74) is 6.88. The molecule has 0 aromatic heterocycles. The van der Waals surface area contributed by atoms with Crippen LogP contribution >= 0.6 is 0 Å². The van der Waals surface area contributed by atoms with Crippen molar-refractivity contribution in [2.75, 3.05) is 0 Å². The van der Waals surface area contributed by atoms with Gasteiger partial charge in [0.1, 0.15) is 0 Å². The van der Waals surface area contributed by atoms with Crippen LogP contribution in [0.1, 0.15) is 45.9 Å². The van der Waals surface area contributed by atoms with Crippen molar-refractivity contribution in [3.05, 3.63) is 70.8 Å². The van der Waals surface area contributed by atoms with E-state index < -0.39 is 0 Å². The van der Waals surface area contributed by atoms with Crippen molar-refractivity contribution in [2.24, 2.45) is 23.7 Å². The maximum absolute atomic E-state index is 2.44. The van der Waals surface area contributed by atoms with Crippen LogP contribution in [0.3, 0.4) is 0 Å². The number of benzene rings is 2. The largest absolute Gasteiger partial charge is 0.0620 e. The van der Waals surface area contributed by atoms with Crippen molar-refractivity contribution in [2.45, 2.75) is 23.7 Å². The lowest BCUT2D eigenvalue weighted by molar-refractivity contribution is -0.247. The Morgan fingerprint density at radius 1 is 0.400 bits per heavy atom. The first-order valence-electron chi connectivity index (χ1n) is 8.14. The van der Waals surface area contributed by atoms with Crippen LogP contribution in [0.2, 0.25) is 0 Å². The normalized spacial score (nSPS) is 50.0. The van der Waals surface area contributed by atoms with E-state index in [4.69, 9.17) is 0 Å². The molecule has 0 bridgehead atoms. The van der Waals surface area contributed by atoms with Crippen LogP contribution in [0.15, 0.2) is 48.5 Å². The van der Waals surface area contributed by atoms with Gasteiger partial charge in [0.2, 0.25) is 0 Å². The van der Waals surface area contributed by atoms with Gasteiger partial charge >= 0.3 is 0 Å². The zero-order valence-corrected chi connectivity index (χ0v) is 11.2. The number of rotatable bonds is 0. The molecule has 20 heavy (non-hydrogen) atoms. The average Bonchev–Trinajstić information content (AvgIpc) is 2.41. The molecular formula is C20H16. The number of fused-ring (bicyclic) bond motifs is 8. The van der Waals surface area contributed by atoms with Gasteiger partial charge in [0.15, 0.2) is 0 Å². The fourth-order valence-electron chi connectivity index (χ4n) is 7.30. The van der Waals surface area contributed by atoms with E-state index in [2.05, 4.69) is 48.5 Å². The van der Waals surface area contributed by atoms with E-state index in [0.29, 0.717) is 0 Å². The molecule has 0 saturated heterocycles. The first-order chi connectivity index (χ1) is 9.97. The van der Waals surface area contributed by atoms with E-state index in [-0.39, 0.29) is 0 Å².